The topological polar surface area (TPSA) is 106 Å². The summed E-state index contributed by atoms with van der Waals surface area (Å²) in [6.07, 6.45) is 1.53. The van der Waals surface area contributed by atoms with E-state index in [4.69, 9.17) is 4.74 Å². The molecular weight excluding hydrogens is 432 g/mol. The molecule has 1 aliphatic rings. The number of benzene rings is 1. The molecule has 0 bridgehead atoms. The van der Waals surface area contributed by atoms with Crippen LogP contribution in [0, 0.1) is 6.92 Å². The lowest BCUT2D eigenvalue weighted by atomic mass is 9.95. The molecule has 3 heterocycles. The van der Waals surface area contributed by atoms with Crippen LogP contribution < -0.4 is 9.64 Å². The van der Waals surface area contributed by atoms with Gasteiger partial charge >= 0.3 is 5.91 Å². The third-order valence-corrected chi connectivity index (χ3v) is 5.69. The summed E-state index contributed by atoms with van der Waals surface area (Å²) in [6.45, 7) is 8.23. The number of ether oxygens (including phenoxy) is 1. The van der Waals surface area contributed by atoms with E-state index in [1.54, 1.807) is 43.3 Å². The van der Waals surface area contributed by atoms with Crippen LogP contribution in [-0.4, -0.2) is 38.6 Å². The maximum absolute atomic E-state index is 13.2. The molecule has 1 aliphatic heterocycles. The highest BCUT2D eigenvalue weighted by atomic mass is 16.5. The molecule has 2 aromatic heterocycles. The van der Waals surface area contributed by atoms with Crippen molar-refractivity contribution in [1.29, 1.82) is 0 Å². The van der Waals surface area contributed by atoms with Crippen molar-refractivity contribution < 1.29 is 19.4 Å². The lowest BCUT2D eigenvalue weighted by molar-refractivity contribution is -0.132. The van der Waals surface area contributed by atoms with Crippen molar-refractivity contribution >= 4 is 23.3 Å². The molecule has 0 saturated carbocycles. The van der Waals surface area contributed by atoms with Crippen LogP contribution in [0.15, 0.2) is 60.3 Å². The Morgan fingerprint density at radius 1 is 1.06 bits per heavy atom. The number of ketones is 1. The van der Waals surface area contributed by atoms with E-state index in [2.05, 4.69) is 29.0 Å². The summed E-state index contributed by atoms with van der Waals surface area (Å²) < 4.78 is 5.42. The number of hydrogen-bond acceptors (Lipinski definition) is 7. The average molecular weight is 459 g/mol. The smallest absolute Gasteiger partial charge is 0.301 e. The Bertz CT molecular complexity index is 1230. The van der Waals surface area contributed by atoms with Gasteiger partial charge in [0.1, 0.15) is 5.76 Å². The molecule has 1 fully saturated rings. The highest BCUT2D eigenvalue weighted by molar-refractivity contribution is 6.51. The fourth-order valence-electron chi connectivity index (χ4n) is 3.87. The van der Waals surface area contributed by atoms with E-state index in [1.165, 1.54) is 11.1 Å². The fourth-order valence-corrected chi connectivity index (χ4v) is 3.87. The first-order chi connectivity index (χ1) is 16.3. The molecule has 8 heteroatoms. The summed E-state index contributed by atoms with van der Waals surface area (Å²) in [7, 11) is 0. The van der Waals surface area contributed by atoms with Crippen molar-refractivity contribution in [1.82, 2.24) is 15.2 Å². The second kappa shape index (κ2) is 9.43. The molecule has 1 unspecified atom stereocenters. The number of pyridine rings is 1. The van der Waals surface area contributed by atoms with E-state index in [9.17, 15) is 14.7 Å². The van der Waals surface area contributed by atoms with Gasteiger partial charge in [0, 0.05) is 17.8 Å². The minimum absolute atomic E-state index is 0.0318. The first kappa shape index (κ1) is 23.1. The van der Waals surface area contributed by atoms with Gasteiger partial charge in [0.15, 0.2) is 5.82 Å². The maximum Gasteiger partial charge on any atom is 0.301 e. The molecule has 1 aromatic carbocycles. The molecule has 1 amide bonds. The quantitative estimate of drug-likeness (QED) is 0.333. The summed E-state index contributed by atoms with van der Waals surface area (Å²) in [5.74, 6) is -0.903. The van der Waals surface area contributed by atoms with Crippen LogP contribution in [0.25, 0.3) is 5.76 Å². The highest BCUT2D eigenvalue weighted by Crippen LogP contribution is 2.41. The van der Waals surface area contributed by atoms with Gasteiger partial charge in [-0.05, 0) is 49.1 Å². The number of aliphatic hydroxyl groups is 1. The molecule has 34 heavy (non-hydrogen) atoms. The first-order valence-corrected chi connectivity index (χ1v) is 11.1. The summed E-state index contributed by atoms with van der Waals surface area (Å²) in [4.78, 5) is 31.9. The summed E-state index contributed by atoms with van der Waals surface area (Å²) in [5.41, 5.74) is 2.71. The Balaban J connectivity index is 1.87. The second-order valence-electron chi connectivity index (χ2n) is 8.34. The summed E-state index contributed by atoms with van der Waals surface area (Å²) in [6, 6.07) is 13.1. The molecule has 8 nitrogen and oxygen atoms in total. The second-order valence-corrected chi connectivity index (χ2v) is 8.34. The molecule has 1 atom stereocenters. The van der Waals surface area contributed by atoms with Gasteiger partial charge in [-0.15, -0.1) is 5.10 Å². The number of hydrogen-bond donors (Lipinski definition) is 1. The third kappa shape index (κ3) is 4.26. The number of aromatic nitrogens is 3. The number of Topliss-reactive ketones (excluding diaryl/α,β-unsaturated/α-hetero) is 1. The number of rotatable bonds is 6. The zero-order valence-electron chi connectivity index (χ0n) is 19.5. The van der Waals surface area contributed by atoms with Gasteiger partial charge in [0.25, 0.3) is 5.78 Å². The minimum Gasteiger partial charge on any atom is -0.507 e. The zero-order chi connectivity index (χ0) is 24.4. The number of amides is 1. The van der Waals surface area contributed by atoms with Crippen molar-refractivity contribution in [3.8, 4) is 5.88 Å². The fraction of sp³-hybridized carbons (Fsp3) is 0.269. The van der Waals surface area contributed by atoms with E-state index in [1.807, 2.05) is 19.1 Å². The Morgan fingerprint density at radius 2 is 1.79 bits per heavy atom. The number of aliphatic hydroxyl groups excluding tert-OH is 1. The van der Waals surface area contributed by atoms with Gasteiger partial charge in [0.2, 0.25) is 5.88 Å². The van der Waals surface area contributed by atoms with E-state index < -0.39 is 17.7 Å². The molecule has 3 aromatic rings. The highest BCUT2D eigenvalue weighted by Gasteiger charge is 2.47. The van der Waals surface area contributed by atoms with Gasteiger partial charge in [-0.2, -0.15) is 5.10 Å². The van der Waals surface area contributed by atoms with Crippen molar-refractivity contribution in [2.75, 3.05) is 11.5 Å². The molecule has 0 radical (unpaired) electrons. The maximum atomic E-state index is 13.2. The summed E-state index contributed by atoms with van der Waals surface area (Å²) in [5, 5.41) is 19.4. The normalized spacial score (nSPS) is 17.4. The van der Waals surface area contributed by atoms with Crippen LogP contribution >= 0.6 is 0 Å². The Hall–Kier alpha value is -4.07. The first-order valence-electron chi connectivity index (χ1n) is 11.1. The van der Waals surface area contributed by atoms with Gasteiger partial charge < -0.3 is 9.84 Å². The number of aryl methyl sites for hydroxylation is 1. The molecule has 4 rings (SSSR count). The largest absolute Gasteiger partial charge is 0.507 e. The molecule has 0 aliphatic carbocycles. The Kier molecular flexibility index (Phi) is 6.40. The average Bonchev–Trinajstić information content (AvgIpc) is 3.10. The molecule has 1 saturated heterocycles. The van der Waals surface area contributed by atoms with Gasteiger partial charge in [-0.1, -0.05) is 38.1 Å². The third-order valence-electron chi connectivity index (χ3n) is 5.69. The Labute approximate surface area is 197 Å². The van der Waals surface area contributed by atoms with Crippen LogP contribution in [0.4, 0.5) is 5.82 Å². The standard InChI is InChI=1S/C26H26N4O4/c1-5-34-21-13-11-19(14-27-21)23-22(24(31)18-9-7-17(8-10-18)15(2)3)25(32)26(33)30(23)20-12-6-16(4)28-29-20/h6-15,23,31H,5H2,1-4H3. The number of carbonyl (C=O) groups excluding carboxylic acids is 2. The number of nitrogens with zero attached hydrogens (tertiary/aromatic N) is 4. The van der Waals surface area contributed by atoms with Crippen molar-refractivity contribution in [2.24, 2.45) is 0 Å². The number of carbonyl (C=O) groups is 2. The van der Waals surface area contributed by atoms with E-state index in [0.717, 1.165) is 5.56 Å². The van der Waals surface area contributed by atoms with Gasteiger partial charge in [-0.25, -0.2) is 4.98 Å². The predicted molar refractivity (Wildman–Crippen MR) is 127 cm³/mol. The molecule has 174 valence electrons. The van der Waals surface area contributed by atoms with E-state index in [0.29, 0.717) is 35.2 Å². The van der Waals surface area contributed by atoms with Crippen LogP contribution in [0.5, 0.6) is 5.88 Å². The lowest BCUT2D eigenvalue weighted by Crippen LogP contribution is -2.30. The SMILES string of the molecule is CCOc1ccc(C2C(=C(O)c3ccc(C(C)C)cc3)C(=O)C(=O)N2c2ccc(C)nn2)cn1. The van der Waals surface area contributed by atoms with Crippen molar-refractivity contribution in [2.45, 2.75) is 39.7 Å². The van der Waals surface area contributed by atoms with Gasteiger partial charge in [0.05, 0.1) is 23.9 Å². The monoisotopic (exact) mass is 458 g/mol. The van der Waals surface area contributed by atoms with Crippen LogP contribution in [0.1, 0.15) is 55.1 Å². The molecular formula is C26H26N4O4. The Morgan fingerprint density at radius 3 is 2.35 bits per heavy atom. The van der Waals surface area contributed by atoms with Gasteiger partial charge in [-0.3, -0.25) is 14.5 Å². The van der Waals surface area contributed by atoms with Crippen LogP contribution in [0.3, 0.4) is 0 Å². The van der Waals surface area contributed by atoms with Crippen LogP contribution in [0.2, 0.25) is 0 Å². The van der Waals surface area contributed by atoms with E-state index in [-0.39, 0.29) is 17.2 Å². The van der Waals surface area contributed by atoms with Crippen LogP contribution in [-0.2, 0) is 9.59 Å². The lowest BCUT2D eigenvalue weighted by Gasteiger charge is -2.24. The predicted octanol–water partition coefficient (Wildman–Crippen LogP) is 4.33. The summed E-state index contributed by atoms with van der Waals surface area (Å²) >= 11 is 0. The minimum atomic E-state index is -0.926. The van der Waals surface area contributed by atoms with Crippen molar-refractivity contribution in [3.05, 3.63) is 82.7 Å². The molecule has 1 N–H and O–H groups in total. The van der Waals surface area contributed by atoms with E-state index >= 15 is 0 Å². The van der Waals surface area contributed by atoms with Crippen molar-refractivity contribution in [3.63, 3.8) is 0 Å². The molecule has 0 spiro atoms. The number of anilines is 1. The zero-order valence-corrected chi connectivity index (χ0v) is 19.5.